The van der Waals surface area contributed by atoms with Crippen molar-refractivity contribution in [2.24, 2.45) is 0 Å². The molecule has 0 amide bonds. The maximum Gasteiger partial charge on any atom is 0.112 e. The zero-order valence-electron chi connectivity index (χ0n) is 10.0. The van der Waals surface area contributed by atoms with Crippen molar-refractivity contribution in [3.05, 3.63) is 0 Å². The van der Waals surface area contributed by atoms with Gasteiger partial charge in [-0.25, -0.2) is 4.39 Å². The van der Waals surface area contributed by atoms with Gasteiger partial charge in [-0.15, -0.1) is 0 Å². The van der Waals surface area contributed by atoms with Crippen molar-refractivity contribution in [3.8, 4) is 0 Å². The van der Waals surface area contributed by atoms with Crippen LogP contribution in [0, 0.1) is 0 Å². The molecule has 0 aromatic heterocycles. The zero-order chi connectivity index (χ0) is 10.9. The van der Waals surface area contributed by atoms with Crippen LogP contribution in [0.15, 0.2) is 0 Å². The van der Waals surface area contributed by atoms with Crippen LogP contribution in [-0.2, 0) is 0 Å². The van der Waals surface area contributed by atoms with Gasteiger partial charge < -0.3 is 0 Å². The number of hydrogen-bond donors (Lipinski definition) is 0. The summed E-state index contributed by atoms with van der Waals surface area (Å²) in [6, 6.07) is 0. The molecule has 0 bridgehead atoms. The quantitative estimate of drug-likeness (QED) is 0.615. The van der Waals surface area contributed by atoms with Crippen molar-refractivity contribution in [2.45, 2.75) is 75.6 Å². The smallest absolute Gasteiger partial charge is 0.112 e. The highest BCUT2D eigenvalue weighted by molar-refractivity contribution is 7.99. The Hall–Kier alpha value is 0.280. The molecule has 15 heavy (non-hydrogen) atoms. The molecule has 1 saturated carbocycles. The molecular formula is C13H25FS. The molecule has 1 aliphatic rings. The van der Waals surface area contributed by atoms with Gasteiger partial charge in [-0.3, -0.25) is 0 Å². The number of halogens is 1. The van der Waals surface area contributed by atoms with Gasteiger partial charge >= 0.3 is 0 Å². The molecule has 2 atom stereocenters. The highest BCUT2D eigenvalue weighted by atomic mass is 32.2. The highest BCUT2D eigenvalue weighted by Crippen LogP contribution is 2.26. The minimum atomic E-state index is -0.556. The summed E-state index contributed by atoms with van der Waals surface area (Å²) in [6.45, 7) is 0. The lowest BCUT2D eigenvalue weighted by molar-refractivity contribution is 0.285. The summed E-state index contributed by atoms with van der Waals surface area (Å²) in [5, 5.41) is 0.268. The van der Waals surface area contributed by atoms with E-state index in [9.17, 15) is 4.39 Å². The second-order valence-corrected chi connectivity index (χ2v) is 5.77. The van der Waals surface area contributed by atoms with Gasteiger partial charge in [-0.1, -0.05) is 51.4 Å². The predicted molar refractivity (Wildman–Crippen MR) is 68.4 cm³/mol. The lowest BCUT2D eigenvalue weighted by Crippen LogP contribution is -2.18. The Labute approximate surface area is 98.4 Å². The third-order valence-corrected chi connectivity index (χ3v) is 4.56. The Balaban J connectivity index is 2.30. The van der Waals surface area contributed by atoms with Gasteiger partial charge in [0.25, 0.3) is 0 Å². The Morgan fingerprint density at radius 1 is 0.800 bits per heavy atom. The molecule has 1 aliphatic carbocycles. The highest BCUT2D eigenvalue weighted by Gasteiger charge is 2.19. The summed E-state index contributed by atoms with van der Waals surface area (Å²) in [7, 11) is 0. The van der Waals surface area contributed by atoms with E-state index in [-0.39, 0.29) is 5.25 Å². The normalized spacial score (nSPS) is 31.6. The van der Waals surface area contributed by atoms with Gasteiger partial charge in [0.15, 0.2) is 0 Å². The van der Waals surface area contributed by atoms with Gasteiger partial charge in [-0.05, 0) is 19.1 Å². The third kappa shape index (κ3) is 5.79. The second kappa shape index (κ2) is 8.43. The first kappa shape index (κ1) is 13.3. The van der Waals surface area contributed by atoms with Crippen LogP contribution in [0.1, 0.15) is 64.2 Å². The number of alkyl halides is 1. The first-order valence-corrected chi connectivity index (χ1v) is 7.80. The monoisotopic (exact) mass is 232 g/mol. The summed E-state index contributed by atoms with van der Waals surface area (Å²) >= 11 is 1.73. The molecule has 2 heteroatoms. The van der Waals surface area contributed by atoms with Crippen molar-refractivity contribution in [1.29, 1.82) is 0 Å². The van der Waals surface area contributed by atoms with Gasteiger partial charge in [0.1, 0.15) is 6.17 Å². The molecule has 0 aromatic rings. The van der Waals surface area contributed by atoms with E-state index in [1.165, 1.54) is 44.9 Å². The zero-order valence-corrected chi connectivity index (χ0v) is 10.8. The van der Waals surface area contributed by atoms with E-state index in [4.69, 9.17) is 0 Å². The average molecular weight is 232 g/mol. The van der Waals surface area contributed by atoms with Crippen LogP contribution >= 0.6 is 11.8 Å². The third-order valence-electron chi connectivity index (χ3n) is 3.42. The van der Waals surface area contributed by atoms with Crippen LogP contribution in [0.5, 0.6) is 0 Å². The molecule has 0 heterocycles. The summed E-state index contributed by atoms with van der Waals surface area (Å²) in [5.74, 6) is 0. The van der Waals surface area contributed by atoms with Crippen molar-refractivity contribution in [2.75, 3.05) is 6.26 Å². The van der Waals surface area contributed by atoms with Crippen LogP contribution in [0.25, 0.3) is 0 Å². The molecule has 0 unspecified atom stereocenters. The molecule has 1 rings (SSSR count). The molecule has 0 radical (unpaired) electrons. The predicted octanol–water partition coefficient (Wildman–Crippen LogP) is 4.97. The van der Waals surface area contributed by atoms with E-state index in [0.29, 0.717) is 0 Å². The Morgan fingerprint density at radius 2 is 1.27 bits per heavy atom. The Kier molecular flexibility index (Phi) is 7.50. The largest absolute Gasteiger partial charge is 0.246 e. The Morgan fingerprint density at radius 3 is 1.80 bits per heavy atom. The molecular weight excluding hydrogens is 207 g/mol. The van der Waals surface area contributed by atoms with E-state index in [1.54, 1.807) is 11.8 Å². The van der Waals surface area contributed by atoms with Crippen LogP contribution in [0.3, 0.4) is 0 Å². The maximum atomic E-state index is 13.8. The molecule has 0 aliphatic heterocycles. The number of rotatable bonds is 1. The van der Waals surface area contributed by atoms with Crippen LogP contribution in [0.4, 0.5) is 4.39 Å². The fourth-order valence-corrected chi connectivity index (χ4v) is 3.21. The molecule has 1 fully saturated rings. The fourth-order valence-electron chi connectivity index (χ4n) is 2.38. The maximum absolute atomic E-state index is 13.8. The standard InChI is InChI=1S/C13H25FS/c1-15-13-11-9-7-5-3-2-4-6-8-10-12(13)14/h12-13H,2-11H2,1H3/t12-,13-/m1/s1. The van der Waals surface area contributed by atoms with Crippen molar-refractivity contribution in [1.82, 2.24) is 0 Å². The van der Waals surface area contributed by atoms with E-state index in [0.717, 1.165) is 19.3 Å². The molecule has 0 saturated heterocycles. The van der Waals surface area contributed by atoms with Crippen LogP contribution < -0.4 is 0 Å². The topological polar surface area (TPSA) is 0 Å². The van der Waals surface area contributed by atoms with Gasteiger partial charge in [0, 0.05) is 5.25 Å². The van der Waals surface area contributed by atoms with Gasteiger partial charge in [0.2, 0.25) is 0 Å². The lowest BCUT2D eigenvalue weighted by Gasteiger charge is -2.19. The van der Waals surface area contributed by atoms with Crippen molar-refractivity contribution < 1.29 is 4.39 Å². The first-order chi connectivity index (χ1) is 7.34. The SMILES string of the molecule is CS[C@@H]1CCCCCCCCCC[C@H]1F. The van der Waals surface area contributed by atoms with Crippen molar-refractivity contribution in [3.63, 3.8) is 0 Å². The number of thioether (sulfide) groups is 1. The molecule has 90 valence electrons. The van der Waals surface area contributed by atoms with Gasteiger partial charge in [0.05, 0.1) is 0 Å². The lowest BCUT2D eigenvalue weighted by atomic mass is 10.00. The summed E-state index contributed by atoms with van der Waals surface area (Å²) < 4.78 is 13.8. The van der Waals surface area contributed by atoms with E-state index in [2.05, 4.69) is 6.26 Å². The summed E-state index contributed by atoms with van der Waals surface area (Å²) in [5.41, 5.74) is 0. The summed E-state index contributed by atoms with van der Waals surface area (Å²) in [6.07, 6.45) is 13.7. The molecule has 0 spiro atoms. The first-order valence-electron chi connectivity index (χ1n) is 6.51. The van der Waals surface area contributed by atoms with E-state index in [1.807, 2.05) is 0 Å². The van der Waals surface area contributed by atoms with Crippen LogP contribution in [-0.4, -0.2) is 17.7 Å². The van der Waals surface area contributed by atoms with Crippen LogP contribution in [0.2, 0.25) is 0 Å². The van der Waals surface area contributed by atoms with Gasteiger partial charge in [-0.2, -0.15) is 11.8 Å². The minimum Gasteiger partial charge on any atom is -0.246 e. The summed E-state index contributed by atoms with van der Waals surface area (Å²) in [4.78, 5) is 0. The molecule has 0 aromatic carbocycles. The average Bonchev–Trinajstić information content (AvgIpc) is 2.23. The molecule has 0 N–H and O–H groups in total. The van der Waals surface area contributed by atoms with E-state index < -0.39 is 6.17 Å². The number of hydrogen-bond acceptors (Lipinski definition) is 1. The fraction of sp³-hybridized carbons (Fsp3) is 1.00. The van der Waals surface area contributed by atoms with E-state index >= 15 is 0 Å². The Bertz CT molecular complexity index is 149. The second-order valence-electron chi connectivity index (χ2n) is 4.70. The minimum absolute atomic E-state index is 0.268. The molecule has 0 nitrogen and oxygen atoms in total. The van der Waals surface area contributed by atoms with Crippen molar-refractivity contribution >= 4 is 11.8 Å².